The summed E-state index contributed by atoms with van der Waals surface area (Å²) in [7, 11) is 0. The van der Waals surface area contributed by atoms with E-state index < -0.39 is 0 Å². The fourth-order valence-corrected chi connectivity index (χ4v) is 2.86. The zero-order chi connectivity index (χ0) is 13.8. The zero-order valence-corrected chi connectivity index (χ0v) is 11.3. The summed E-state index contributed by atoms with van der Waals surface area (Å²) in [4.78, 5) is 12.2. The number of benzene rings is 1. The van der Waals surface area contributed by atoms with Gasteiger partial charge in [-0.1, -0.05) is 12.8 Å². The number of carbonyl (C=O) groups excluding carboxylic acids is 1. The first-order valence-electron chi connectivity index (χ1n) is 6.89. The Morgan fingerprint density at radius 3 is 2.74 bits per heavy atom. The third-order valence-corrected chi connectivity index (χ3v) is 3.97. The molecule has 1 fully saturated rings. The van der Waals surface area contributed by atoms with E-state index in [1.54, 1.807) is 6.92 Å². The van der Waals surface area contributed by atoms with Crippen molar-refractivity contribution in [2.24, 2.45) is 11.7 Å². The molecule has 1 unspecified atom stereocenters. The minimum atomic E-state index is -0.319. The van der Waals surface area contributed by atoms with Crippen LogP contribution in [0.15, 0.2) is 18.2 Å². The first kappa shape index (κ1) is 14.0. The molecule has 1 saturated carbocycles. The van der Waals surface area contributed by atoms with Crippen LogP contribution in [-0.4, -0.2) is 18.5 Å². The average molecular weight is 264 g/mol. The third-order valence-electron chi connectivity index (χ3n) is 3.97. The second kappa shape index (κ2) is 6.15. The summed E-state index contributed by atoms with van der Waals surface area (Å²) in [5.74, 6) is 0.00905. The fourth-order valence-electron chi connectivity index (χ4n) is 2.86. The molecule has 0 bridgehead atoms. The number of amides is 1. The molecule has 0 radical (unpaired) electrons. The normalized spacial score (nSPS) is 17.4. The van der Waals surface area contributed by atoms with E-state index in [0.717, 1.165) is 12.8 Å². The highest BCUT2D eigenvalue weighted by Crippen LogP contribution is 2.27. The van der Waals surface area contributed by atoms with Crippen molar-refractivity contribution in [3.63, 3.8) is 0 Å². The van der Waals surface area contributed by atoms with E-state index in [0.29, 0.717) is 23.6 Å². The van der Waals surface area contributed by atoms with Crippen LogP contribution < -0.4 is 11.1 Å². The number of rotatable bonds is 4. The molecule has 3 N–H and O–H groups in total. The van der Waals surface area contributed by atoms with E-state index in [1.807, 2.05) is 0 Å². The van der Waals surface area contributed by atoms with Crippen LogP contribution in [0.1, 0.15) is 41.6 Å². The van der Waals surface area contributed by atoms with Crippen LogP contribution in [0.3, 0.4) is 0 Å². The summed E-state index contributed by atoms with van der Waals surface area (Å²) in [6, 6.07) is 4.25. The number of nitrogens with one attached hydrogen (secondary N) is 1. The number of hydrogen-bond acceptors (Lipinski definition) is 2. The summed E-state index contributed by atoms with van der Waals surface area (Å²) in [6.45, 7) is 2.20. The van der Waals surface area contributed by atoms with Gasteiger partial charge in [-0.2, -0.15) is 0 Å². The van der Waals surface area contributed by atoms with E-state index in [2.05, 4.69) is 5.32 Å². The molecule has 2 rings (SSSR count). The van der Waals surface area contributed by atoms with E-state index in [-0.39, 0.29) is 17.8 Å². The quantitative estimate of drug-likeness (QED) is 0.877. The largest absolute Gasteiger partial charge is 0.348 e. The predicted octanol–water partition coefficient (Wildman–Crippen LogP) is 2.38. The Bertz CT molecular complexity index is 455. The van der Waals surface area contributed by atoms with Gasteiger partial charge in [0.2, 0.25) is 0 Å². The van der Waals surface area contributed by atoms with Crippen LogP contribution in [0, 0.1) is 18.7 Å². The molecule has 1 atom stereocenters. The minimum absolute atomic E-state index is 0.0273. The lowest BCUT2D eigenvalue weighted by Crippen LogP contribution is -2.44. The minimum Gasteiger partial charge on any atom is -0.348 e. The second-order valence-corrected chi connectivity index (χ2v) is 5.32. The smallest absolute Gasteiger partial charge is 0.251 e. The van der Waals surface area contributed by atoms with Gasteiger partial charge in [-0.25, -0.2) is 4.39 Å². The Labute approximate surface area is 113 Å². The number of nitrogens with two attached hydrogens (primary N) is 1. The number of halogens is 1. The highest BCUT2D eigenvalue weighted by Gasteiger charge is 2.25. The summed E-state index contributed by atoms with van der Waals surface area (Å²) < 4.78 is 13.0. The van der Waals surface area contributed by atoms with Crippen LogP contribution in [0.4, 0.5) is 4.39 Å². The Morgan fingerprint density at radius 2 is 2.16 bits per heavy atom. The molecule has 0 aliphatic heterocycles. The summed E-state index contributed by atoms with van der Waals surface area (Å²) in [5, 5.41) is 3.00. The van der Waals surface area contributed by atoms with Crippen LogP contribution in [0.5, 0.6) is 0 Å². The molecule has 0 aromatic heterocycles. The monoisotopic (exact) mass is 264 g/mol. The first-order chi connectivity index (χ1) is 9.11. The molecule has 0 heterocycles. The van der Waals surface area contributed by atoms with Gasteiger partial charge in [0.05, 0.1) is 0 Å². The lowest BCUT2D eigenvalue weighted by atomic mass is 9.97. The van der Waals surface area contributed by atoms with E-state index in [9.17, 15) is 9.18 Å². The zero-order valence-electron chi connectivity index (χ0n) is 11.3. The fraction of sp³-hybridized carbons (Fsp3) is 0.533. The van der Waals surface area contributed by atoms with Crippen LogP contribution in [0.25, 0.3) is 0 Å². The number of carbonyl (C=O) groups is 1. The van der Waals surface area contributed by atoms with Crippen molar-refractivity contribution >= 4 is 5.91 Å². The molecular weight excluding hydrogens is 243 g/mol. The van der Waals surface area contributed by atoms with Crippen molar-refractivity contribution < 1.29 is 9.18 Å². The SMILES string of the molecule is Cc1cc(F)ccc1C(=O)NC(CN)C1CCCC1. The van der Waals surface area contributed by atoms with Crippen molar-refractivity contribution in [3.8, 4) is 0 Å². The van der Waals surface area contributed by atoms with Gasteiger partial charge in [-0.05, 0) is 49.4 Å². The van der Waals surface area contributed by atoms with Gasteiger partial charge in [-0.3, -0.25) is 4.79 Å². The Balaban J connectivity index is 2.06. The van der Waals surface area contributed by atoms with Crippen molar-refractivity contribution in [2.45, 2.75) is 38.6 Å². The van der Waals surface area contributed by atoms with Crippen molar-refractivity contribution in [1.29, 1.82) is 0 Å². The highest BCUT2D eigenvalue weighted by molar-refractivity contribution is 5.95. The first-order valence-corrected chi connectivity index (χ1v) is 6.89. The van der Waals surface area contributed by atoms with Gasteiger partial charge >= 0.3 is 0 Å². The van der Waals surface area contributed by atoms with Crippen molar-refractivity contribution in [1.82, 2.24) is 5.32 Å². The molecule has 3 nitrogen and oxygen atoms in total. The van der Waals surface area contributed by atoms with Crippen molar-refractivity contribution in [3.05, 3.63) is 35.1 Å². The van der Waals surface area contributed by atoms with Crippen LogP contribution >= 0.6 is 0 Å². The molecule has 1 aromatic carbocycles. The molecular formula is C15H21FN2O. The lowest BCUT2D eigenvalue weighted by Gasteiger charge is -2.23. The Kier molecular flexibility index (Phi) is 4.53. The molecule has 1 aromatic rings. The maximum Gasteiger partial charge on any atom is 0.251 e. The summed E-state index contributed by atoms with van der Waals surface area (Å²) >= 11 is 0. The van der Waals surface area contributed by atoms with Gasteiger partial charge in [-0.15, -0.1) is 0 Å². The summed E-state index contributed by atoms with van der Waals surface area (Å²) in [6.07, 6.45) is 4.69. The van der Waals surface area contributed by atoms with Gasteiger partial charge < -0.3 is 11.1 Å². The predicted molar refractivity (Wildman–Crippen MR) is 73.4 cm³/mol. The summed E-state index contributed by atoms with van der Waals surface area (Å²) in [5.41, 5.74) is 6.94. The molecule has 0 spiro atoms. The van der Waals surface area contributed by atoms with Gasteiger partial charge in [0.25, 0.3) is 5.91 Å². The van der Waals surface area contributed by atoms with Gasteiger partial charge in [0.1, 0.15) is 5.82 Å². The van der Waals surface area contributed by atoms with E-state index >= 15 is 0 Å². The lowest BCUT2D eigenvalue weighted by molar-refractivity contribution is 0.0923. The Hall–Kier alpha value is -1.42. The van der Waals surface area contributed by atoms with E-state index in [1.165, 1.54) is 31.0 Å². The molecule has 1 aliphatic rings. The van der Waals surface area contributed by atoms with Gasteiger partial charge in [0.15, 0.2) is 0 Å². The Morgan fingerprint density at radius 1 is 1.47 bits per heavy atom. The molecule has 104 valence electrons. The van der Waals surface area contributed by atoms with Crippen LogP contribution in [0.2, 0.25) is 0 Å². The number of hydrogen-bond donors (Lipinski definition) is 2. The number of aryl methyl sites for hydroxylation is 1. The maximum absolute atomic E-state index is 13.0. The highest BCUT2D eigenvalue weighted by atomic mass is 19.1. The van der Waals surface area contributed by atoms with Crippen LogP contribution in [-0.2, 0) is 0 Å². The van der Waals surface area contributed by atoms with E-state index in [4.69, 9.17) is 5.73 Å². The standard InChI is InChI=1S/C15H21FN2O/c1-10-8-12(16)6-7-13(10)15(19)18-14(9-17)11-4-2-3-5-11/h6-8,11,14H,2-5,9,17H2,1H3,(H,18,19). The molecule has 19 heavy (non-hydrogen) atoms. The molecule has 1 aliphatic carbocycles. The maximum atomic E-state index is 13.0. The molecule has 1 amide bonds. The molecule has 0 saturated heterocycles. The molecule has 4 heteroatoms. The second-order valence-electron chi connectivity index (χ2n) is 5.32. The van der Waals surface area contributed by atoms with Gasteiger partial charge in [0, 0.05) is 18.2 Å². The average Bonchev–Trinajstić information content (AvgIpc) is 2.89. The van der Waals surface area contributed by atoms with Crippen molar-refractivity contribution in [2.75, 3.05) is 6.54 Å². The third kappa shape index (κ3) is 3.32. The topological polar surface area (TPSA) is 55.1 Å².